The van der Waals surface area contributed by atoms with Gasteiger partial charge in [0.25, 0.3) is 5.56 Å². The minimum Gasteiger partial charge on any atom is -0.485 e. The maximum absolute atomic E-state index is 13.8. The van der Waals surface area contributed by atoms with E-state index in [1.165, 1.54) is 4.57 Å². The first-order valence-electron chi connectivity index (χ1n) is 10.9. The van der Waals surface area contributed by atoms with Gasteiger partial charge in [-0.1, -0.05) is 44.2 Å². The Hall–Kier alpha value is -3.19. The highest BCUT2D eigenvalue weighted by Gasteiger charge is 2.23. The zero-order valence-corrected chi connectivity index (χ0v) is 21.1. The molecule has 34 heavy (non-hydrogen) atoms. The van der Waals surface area contributed by atoms with Crippen LogP contribution >= 0.6 is 11.6 Å². The first-order valence-corrected chi connectivity index (χ1v) is 11.3. The molecule has 0 saturated heterocycles. The first kappa shape index (κ1) is 27.1. The summed E-state index contributed by atoms with van der Waals surface area (Å²) in [4.78, 5) is 18.9. The van der Waals surface area contributed by atoms with Gasteiger partial charge in [0.15, 0.2) is 5.82 Å². The van der Waals surface area contributed by atoms with Gasteiger partial charge in [0, 0.05) is 31.1 Å². The van der Waals surface area contributed by atoms with Crippen LogP contribution in [0.3, 0.4) is 0 Å². The van der Waals surface area contributed by atoms with E-state index in [1.54, 1.807) is 13.0 Å². The summed E-state index contributed by atoms with van der Waals surface area (Å²) in [5, 5.41) is -0.144. The number of aromatic nitrogens is 2. The van der Waals surface area contributed by atoms with Crippen molar-refractivity contribution in [3.63, 3.8) is 0 Å². The summed E-state index contributed by atoms with van der Waals surface area (Å²) < 4.78 is 33.9. The topological polar surface area (TPSA) is 47.4 Å². The molecule has 1 aliphatic heterocycles. The van der Waals surface area contributed by atoms with Gasteiger partial charge in [-0.25, -0.2) is 8.78 Å². The number of hydrogen-bond donors (Lipinski definition) is 0. The molecule has 0 saturated carbocycles. The molecule has 0 amide bonds. The SMILES string of the molecule is C=C(/C=C/C)[C@H]1C=C(n2c(C)cc(OCc3ncc(F)cc3F)c(Cl)c2=O)C(C)=CN1C.CC. The normalized spacial score (nSPS) is 15.4. The Morgan fingerprint density at radius 3 is 2.59 bits per heavy atom. The van der Waals surface area contributed by atoms with Gasteiger partial charge in [-0.15, -0.1) is 0 Å². The molecular formula is C26H30ClF2N3O2. The fraction of sp³-hybridized carbons (Fsp3) is 0.308. The summed E-state index contributed by atoms with van der Waals surface area (Å²) in [6.07, 6.45) is 8.63. The van der Waals surface area contributed by atoms with Crippen LogP contribution in [0.25, 0.3) is 5.70 Å². The Morgan fingerprint density at radius 2 is 1.97 bits per heavy atom. The van der Waals surface area contributed by atoms with E-state index in [0.29, 0.717) is 11.4 Å². The highest BCUT2D eigenvalue weighted by Crippen LogP contribution is 2.30. The van der Waals surface area contributed by atoms with Crippen LogP contribution < -0.4 is 10.3 Å². The van der Waals surface area contributed by atoms with Gasteiger partial charge >= 0.3 is 0 Å². The smallest absolute Gasteiger partial charge is 0.277 e. The molecule has 2 aromatic heterocycles. The van der Waals surface area contributed by atoms with Crippen molar-refractivity contribution in [3.05, 3.63) is 98.9 Å². The lowest BCUT2D eigenvalue weighted by Crippen LogP contribution is -2.33. The third kappa shape index (κ3) is 5.83. The van der Waals surface area contributed by atoms with Gasteiger partial charge in [0.1, 0.15) is 28.9 Å². The Labute approximate surface area is 204 Å². The van der Waals surface area contributed by atoms with Gasteiger partial charge in [-0.05, 0) is 38.0 Å². The Morgan fingerprint density at radius 1 is 1.29 bits per heavy atom. The number of rotatable bonds is 6. The zero-order chi connectivity index (χ0) is 25.6. The lowest BCUT2D eigenvalue weighted by atomic mass is 10.00. The predicted octanol–water partition coefficient (Wildman–Crippen LogP) is 6.28. The minimum absolute atomic E-state index is 0.0913. The van der Waals surface area contributed by atoms with Crippen LogP contribution in [0, 0.1) is 18.6 Å². The average molecular weight is 490 g/mol. The van der Waals surface area contributed by atoms with E-state index in [1.807, 2.05) is 64.1 Å². The van der Waals surface area contributed by atoms with Crippen molar-refractivity contribution < 1.29 is 13.5 Å². The van der Waals surface area contributed by atoms with Crippen molar-refractivity contribution in [3.8, 4) is 5.75 Å². The van der Waals surface area contributed by atoms with Crippen molar-refractivity contribution >= 4 is 17.3 Å². The molecule has 2 aromatic rings. The van der Waals surface area contributed by atoms with E-state index in [2.05, 4.69) is 11.6 Å². The summed E-state index contributed by atoms with van der Waals surface area (Å²) in [7, 11) is 1.94. The Bertz CT molecular complexity index is 1220. The number of nitrogens with zero attached hydrogens (tertiary/aromatic N) is 3. The summed E-state index contributed by atoms with van der Waals surface area (Å²) in [6, 6.07) is 2.20. The molecule has 8 heteroatoms. The molecule has 1 aliphatic rings. The summed E-state index contributed by atoms with van der Waals surface area (Å²) in [5.74, 6) is -1.52. The van der Waals surface area contributed by atoms with Crippen LogP contribution in [0.2, 0.25) is 5.02 Å². The summed E-state index contributed by atoms with van der Waals surface area (Å²) in [6.45, 7) is 13.4. The lowest BCUT2D eigenvalue weighted by Gasteiger charge is -2.32. The summed E-state index contributed by atoms with van der Waals surface area (Å²) >= 11 is 6.33. The highest BCUT2D eigenvalue weighted by molar-refractivity contribution is 6.31. The van der Waals surface area contributed by atoms with Crippen molar-refractivity contribution in [1.82, 2.24) is 14.5 Å². The fourth-order valence-corrected chi connectivity index (χ4v) is 3.76. The van der Waals surface area contributed by atoms with Crippen LogP contribution in [0.4, 0.5) is 8.78 Å². The van der Waals surface area contributed by atoms with E-state index in [-0.39, 0.29) is 29.1 Å². The first-order chi connectivity index (χ1) is 16.1. The van der Waals surface area contributed by atoms with Gasteiger partial charge < -0.3 is 9.64 Å². The monoisotopic (exact) mass is 489 g/mol. The standard InChI is InChI=1S/C24H24ClF2N3O2.C2H6/c1-6-7-14(2)20-10-21(15(3)12-29(20)5)30-16(4)8-22(23(25)24(30)31)32-13-19-18(27)9-17(26)11-28-19;1-2/h6-12,20H,2,13H2,1,3-5H3;1-2H3/b7-6+;/t20-;/m1./s1. The van der Waals surface area contributed by atoms with E-state index in [0.717, 1.165) is 23.4 Å². The molecule has 3 heterocycles. The molecule has 0 N–H and O–H groups in total. The zero-order valence-electron chi connectivity index (χ0n) is 20.3. The fourth-order valence-electron chi connectivity index (χ4n) is 3.56. The molecule has 182 valence electrons. The quantitative estimate of drug-likeness (QED) is 0.448. The van der Waals surface area contributed by atoms with Crippen LogP contribution in [-0.4, -0.2) is 27.5 Å². The van der Waals surface area contributed by atoms with E-state index in [9.17, 15) is 13.6 Å². The van der Waals surface area contributed by atoms with Gasteiger partial charge in [0.05, 0.1) is 17.9 Å². The largest absolute Gasteiger partial charge is 0.485 e. The van der Waals surface area contributed by atoms with Gasteiger partial charge in [-0.3, -0.25) is 14.3 Å². The van der Waals surface area contributed by atoms with Crippen molar-refractivity contribution in [1.29, 1.82) is 0 Å². The van der Waals surface area contributed by atoms with Crippen molar-refractivity contribution in [2.45, 2.75) is 47.3 Å². The predicted molar refractivity (Wildman–Crippen MR) is 134 cm³/mol. The van der Waals surface area contributed by atoms with Crippen LogP contribution in [0.15, 0.2) is 65.3 Å². The number of aryl methyl sites for hydroxylation is 1. The highest BCUT2D eigenvalue weighted by atomic mass is 35.5. The lowest BCUT2D eigenvalue weighted by molar-refractivity contribution is 0.292. The van der Waals surface area contributed by atoms with Crippen LogP contribution in [0.1, 0.15) is 39.1 Å². The molecule has 0 aliphatic carbocycles. The number of hydrogen-bond acceptors (Lipinski definition) is 4. The maximum atomic E-state index is 13.8. The number of allylic oxidation sites excluding steroid dienone is 3. The third-order valence-electron chi connectivity index (χ3n) is 5.11. The second-order valence-corrected chi connectivity index (χ2v) is 7.90. The molecule has 0 fully saturated rings. The van der Waals surface area contributed by atoms with E-state index in [4.69, 9.17) is 16.3 Å². The minimum atomic E-state index is -0.837. The number of ether oxygens (including phenoxy) is 1. The third-order valence-corrected chi connectivity index (χ3v) is 5.45. The van der Waals surface area contributed by atoms with Crippen molar-refractivity contribution in [2.75, 3.05) is 7.05 Å². The average Bonchev–Trinajstić information content (AvgIpc) is 2.79. The molecule has 0 bridgehead atoms. The van der Waals surface area contributed by atoms with E-state index >= 15 is 0 Å². The van der Waals surface area contributed by atoms with E-state index < -0.39 is 17.2 Å². The number of likely N-dealkylation sites (N-methyl/N-ethyl adjacent to an activating group) is 1. The van der Waals surface area contributed by atoms with Crippen LogP contribution in [-0.2, 0) is 6.61 Å². The summed E-state index contributed by atoms with van der Waals surface area (Å²) in [5.41, 5.74) is 2.48. The van der Waals surface area contributed by atoms with Crippen molar-refractivity contribution in [2.24, 2.45) is 0 Å². The molecule has 1 atom stereocenters. The number of pyridine rings is 2. The Balaban J connectivity index is 0.00000199. The van der Waals surface area contributed by atoms with Gasteiger partial charge in [0.2, 0.25) is 0 Å². The molecule has 3 rings (SSSR count). The molecule has 0 aromatic carbocycles. The van der Waals surface area contributed by atoms with Gasteiger partial charge in [-0.2, -0.15) is 0 Å². The second-order valence-electron chi connectivity index (χ2n) is 7.52. The van der Waals surface area contributed by atoms with Crippen LogP contribution in [0.5, 0.6) is 5.75 Å². The maximum Gasteiger partial charge on any atom is 0.277 e. The molecule has 0 spiro atoms. The number of halogens is 3. The molecule has 5 nitrogen and oxygen atoms in total. The molecular weight excluding hydrogens is 460 g/mol. The molecule has 0 unspecified atom stereocenters. The second kappa shape index (κ2) is 11.8. The Kier molecular flexibility index (Phi) is 9.38. The molecule has 0 radical (unpaired) electrons.